The van der Waals surface area contributed by atoms with Gasteiger partial charge in [0.05, 0.1) is 0 Å². The average Bonchev–Trinajstić information content (AvgIpc) is 1.78. The lowest BCUT2D eigenvalue weighted by Crippen LogP contribution is -2.29. The predicted molar refractivity (Wildman–Crippen MR) is 40.1 cm³/mol. The van der Waals surface area contributed by atoms with E-state index in [1.54, 1.807) is 0 Å². The summed E-state index contributed by atoms with van der Waals surface area (Å²) >= 11 is 0. The molecule has 0 saturated carbocycles. The van der Waals surface area contributed by atoms with Crippen LogP contribution in [0.5, 0.6) is 0 Å². The van der Waals surface area contributed by atoms with Gasteiger partial charge in [-0.1, -0.05) is 13.8 Å². The zero-order chi connectivity index (χ0) is 6.91. The molecule has 1 nitrogen and oxygen atoms in total. The Morgan fingerprint density at radius 2 is 1.67 bits per heavy atom. The highest BCUT2D eigenvalue weighted by molar-refractivity contribution is 5.14. The van der Waals surface area contributed by atoms with Crippen molar-refractivity contribution in [3.05, 3.63) is 0 Å². The molecule has 0 atom stereocenters. The fourth-order valence-electron chi connectivity index (χ4n) is 1.16. The van der Waals surface area contributed by atoms with Crippen LogP contribution in [0.2, 0.25) is 0 Å². The lowest BCUT2D eigenvalue weighted by molar-refractivity contribution is -0.536. The number of piperidine rings is 1. The van der Waals surface area contributed by atoms with E-state index in [1.165, 1.54) is 25.9 Å². The highest BCUT2D eigenvalue weighted by Gasteiger charge is 2.25. The van der Waals surface area contributed by atoms with Gasteiger partial charge in [0.25, 0.3) is 0 Å². The van der Waals surface area contributed by atoms with Crippen LogP contribution in [-0.2, 0) is 0 Å². The highest BCUT2D eigenvalue weighted by Crippen LogP contribution is 2.27. The maximum Gasteiger partial charge on any atom is 0.142 e. The second-order valence-electron chi connectivity index (χ2n) is 3.78. The zero-order valence-electron chi connectivity index (χ0n) is 6.48. The van der Waals surface area contributed by atoms with Crippen LogP contribution in [0.1, 0.15) is 26.7 Å². The average molecular weight is 126 g/mol. The van der Waals surface area contributed by atoms with Crippen LogP contribution < -0.4 is 0 Å². The lowest BCUT2D eigenvalue weighted by Gasteiger charge is -2.26. The standard InChI is InChI=1S/C8H16N/c1-8(2)4-6-9(3)7-5-8/h3-7H2,1-2H3/q+1. The molecule has 0 aromatic heterocycles. The van der Waals surface area contributed by atoms with Crippen LogP contribution in [0.4, 0.5) is 0 Å². The van der Waals surface area contributed by atoms with Crippen molar-refractivity contribution in [1.29, 1.82) is 0 Å². The Labute approximate surface area is 57.4 Å². The van der Waals surface area contributed by atoms with Crippen LogP contribution in [0.15, 0.2) is 0 Å². The van der Waals surface area contributed by atoms with Gasteiger partial charge in [-0.15, -0.1) is 0 Å². The van der Waals surface area contributed by atoms with E-state index in [9.17, 15) is 0 Å². The van der Waals surface area contributed by atoms with Crippen molar-refractivity contribution >= 4 is 6.72 Å². The van der Waals surface area contributed by atoms with Gasteiger partial charge in [-0.3, -0.25) is 0 Å². The van der Waals surface area contributed by atoms with Gasteiger partial charge in [-0.05, 0) is 5.41 Å². The van der Waals surface area contributed by atoms with Crippen molar-refractivity contribution in [3.63, 3.8) is 0 Å². The van der Waals surface area contributed by atoms with Crippen molar-refractivity contribution in [2.75, 3.05) is 13.1 Å². The van der Waals surface area contributed by atoms with Gasteiger partial charge in [0, 0.05) is 12.8 Å². The number of hydrogen-bond acceptors (Lipinski definition) is 0. The monoisotopic (exact) mass is 126 g/mol. The first-order chi connectivity index (χ1) is 4.10. The molecule has 1 saturated heterocycles. The summed E-state index contributed by atoms with van der Waals surface area (Å²) in [6, 6.07) is 0. The normalized spacial score (nSPS) is 26.2. The molecule has 0 amide bonds. The minimum absolute atomic E-state index is 0.578. The van der Waals surface area contributed by atoms with E-state index in [0.29, 0.717) is 5.41 Å². The van der Waals surface area contributed by atoms with Crippen molar-refractivity contribution in [2.45, 2.75) is 26.7 Å². The van der Waals surface area contributed by atoms with E-state index < -0.39 is 0 Å². The summed E-state index contributed by atoms with van der Waals surface area (Å²) in [6.45, 7) is 10.9. The largest absolute Gasteiger partial charge is 0.242 e. The third-order valence-electron chi connectivity index (χ3n) is 2.21. The van der Waals surface area contributed by atoms with E-state index in [1.807, 2.05) is 0 Å². The first-order valence-electron chi connectivity index (χ1n) is 3.66. The Hall–Kier alpha value is -0.330. The summed E-state index contributed by atoms with van der Waals surface area (Å²) in [7, 11) is 0. The van der Waals surface area contributed by atoms with E-state index >= 15 is 0 Å². The zero-order valence-corrected chi connectivity index (χ0v) is 6.48. The fraction of sp³-hybridized carbons (Fsp3) is 0.875. The van der Waals surface area contributed by atoms with E-state index in [-0.39, 0.29) is 0 Å². The minimum Gasteiger partial charge on any atom is -0.242 e. The van der Waals surface area contributed by atoms with E-state index in [4.69, 9.17) is 0 Å². The molecule has 1 fully saturated rings. The molecule has 0 spiro atoms. The summed E-state index contributed by atoms with van der Waals surface area (Å²) in [5.74, 6) is 0. The second kappa shape index (κ2) is 2.13. The molecule has 9 heavy (non-hydrogen) atoms. The Morgan fingerprint density at radius 1 is 1.22 bits per heavy atom. The van der Waals surface area contributed by atoms with Gasteiger partial charge >= 0.3 is 0 Å². The Balaban J connectivity index is 2.44. The number of hydrogen-bond donors (Lipinski definition) is 0. The molecular formula is C8H16N+. The Bertz CT molecular complexity index is 113. The maximum atomic E-state index is 3.90. The first-order valence-corrected chi connectivity index (χ1v) is 3.66. The Kier molecular flexibility index (Phi) is 1.60. The van der Waals surface area contributed by atoms with Gasteiger partial charge in [0.1, 0.15) is 19.8 Å². The third-order valence-corrected chi connectivity index (χ3v) is 2.21. The molecule has 0 aromatic carbocycles. The molecule has 1 aliphatic heterocycles. The molecule has 0 bridgehead atoms. The molecule has 1 heteroatoms. The SMILES string of the molecule is C=[N+]1CCC(C)(C)CC1. The molecule has 0 aromatic rings. The Morgan fingerprint density at radius 3 is 2.00 bits per heavy atom. The topological polar surface area (TPSA) is 3.01 Å². The third kappa shape index (κ3) is 1.81. The van der Waals surface area contributed by atoms with Gasteiger partial charge in [-0.25, -0.2) is 4.58 Å². The maximum absolute atomic E-state index is 3.90. The van der Waals surface area contributed by atoms with Gasteiger partial charge in [-0.2, -0.15) is 0 Å². The molecule has 0 N–H and O–H groups in total. The van der Waals surface area contributed by atoms with Gasteiger partial charge in [0.2, 0.25) is 0 Å². The van der Waals surface area contributed by atoms with Gasteiger partial charge < -0.3 is 0 Å². The van der Waals surface area contributed by atoms with Crippen LogP contribution in [-0.4, -0.2) is 24.4 Å². The van der Waals surface area contributed by atoms with Crippen molar-refractivity contribution in [2.24, 2.45) is 5.41 Å². The highest BCUT2D eigenvalue weighted by atomic mass is 15.0. The van der Waals surface area contributed by atoms with Crippen molar-refractivity contribution in [1.82, 2.24) is 0 Å². The fourth-order valence-corrected chi connectivity index (χ4v) is 1.16. The van der Waals surface area contributed by atoms with E-state index in [2.05, 4.69) is 25.1 Å². The first kappa shape index (κ1) is 6.79. The molecular weight excluding hydrogens is 110 g/mol. The molecule has 52 valence electrons. The van der Waals surface area contributed by atoms with Crippen LogP contribution in [0.25, 0.3) is 0 Å². The van der Waals surface area contributed by atoms with Crippen LogP contribution >= 0.6 is 0 Å². The molecule has 0 radical (unpaired) electrons. The van der Waals surface area contributed by atoms with Crippen LogP contribution in [0.3, 0.4) is 0 Å². The van der Waals surface area contributed by atoms with E-state index in [0.717, 1.165) is 0 Å². The summed E-state index contributed by atoms with van der Waals surface area (Å²) in [4.78, 5) is 0. The van der Waals surface area contributed by atoms with Crippen LogP contribution in [0, 0.1) is 5.41 Å². The summed E-state index contributed by atoms with van der Waals surface area (Å²) in [5, 5.41) is 0. The second-order valence-corrected chi connectivity index (χ2v) is 3.78. The lowest BCUT2D eigenvalue weighted by atomic mass is 9.83. The molecule has 1 aliphatic rings. The summed E-state index contributed by atoms with van der Waals surface area (Å²) in [5.41, 5.74) is 0.578. The molecule has 1 heterocycles. The molecule has 1 rings (SSSR count). The number of nitrogens with zero attached hydrogens (tertiary/aromatic N) is 1. The molecule has 0 aliphatic carbocycles. The smallest absolute Gasteiger partial charge is 0.142 e. The number of rotatable bonds is 0. The molecule has 0 unspecified atom stereocenters. The van der Waals surface area contributed by atoms with Crippen molar-refractivity contribution < 1.29 is 4.58 Å². The van der Waals surface area contributed by atoms with Crippen molar-refractivity contribution in [3.8, 4) is 0 Å². The van der Waals surface area contributed by atoms with Gasteiger partial charge in [0.15, 0.2) is 0 Å². The minimum atomic E-state index is 0.578. The summed E-state index contributed by atoms with van der Waals surface area (Å²) < 4.78 is 2.16. The summed E-state index contributed by atoms with van der Waals surface area (Å²) in [6.07, 6.45) is 2.60. The quantitative estimate of drug-likeness (QED) is 0.433. The predicted octanol–water partition coefficient (Wildman–Crippen LogP) is 1.52.